The van der Waals surface area contributed by atoms with Crippen molar-refractivity contribution in [2.24, 2.45) is 0 Å². The van der Waals surface area contributed by atoms with Crippen molar-refractivity contribution in [3.05, 3.63) is 54.1 Å². The molecule has 1 atom stereocenters. The molecule has 3 rings (SSSR count). The third kappa shape index (κ3) is 6.88. The first-order valence-electron chi connectivity index (χ1n) is 10.2. The van der Waals surface area contributed by atoms with E-state index in [0.29, 0.717) is 16.9 Å². The number of carbonyl (C=O) groups is 1. The quantitative estimate of drug-likeness (QED) is 0.575. The molecule has 7 nitrogen and oxygen atoms in total. The van der Waals surface area contributed by atoms with Crippen LogP contribution in [-0.4, -0.2) is 68.5 Å². The van der Waals surface area contributed by atoms with Gasteiger partial charge in [-0.15, -0.1) is 0 Å². The lowest BCUT2D eigenvalue weighted by Crippen LogP contribution is -2.46. The maximum absolute atomic E-state index is 12.6. The molecule has 0 saturated carbocycles. The van der Waals surface area contributed by atoms with Crippen LogP contribution < -0.4 is 9.62 Å². The SMILES string of the molecule is CS(=O)c1ccc(C(=O)CCCN2CCN(c3ccccc3)CC2)cc1NS(C)(=O)=O. The summed E-state index contributed by atoms with van der Waals surface area (Å²) >= 11 is 0. The predicted octanol–water partition coefficient (Wildman–Crippen LogP) is 2.58. The number of nitrogens with zero attached hydrogens (tertiary/aromatic N) is 2. The van der Waals surface area contributed by atoms with Crippen LogP contribution in [0.4, 0.5) is 11.4 Å². The molecule has 9 heteroatoms. The monoisotopic (exact) mass is 463 g/mol. The summed E-state index contributed by atoms with van der Waals surface area (Å²) in [6.45, 7) is 4.70. The van der Waals surface area contributed by atoms with Gasteiger partial charge in [-0.3, -0.25) is 18.6 Å². The van der Waals surface area contributed by atoms with E-state index in [4.69, 9.17) is 0 Å². The first-order valence-corrected chi connectivity index (χ1v) is 13.7. The van der Waals surface area contributed by atoms with Gasteiger partial charge in [-0.2, -0.15) is 0 Å². The summed E-state index contributed by atoms with van der Waals surface area (Å²) in [5, 5.41) is 0. The van der Waals surface area contributed by atoms with Crippen LogP contribution in [0.15, 0.2) is 53.4 Å². The second-order valence-corrected chi connectivity index (χ2v) is 10.8. The van der Waals surface area contributed by atoms with Gasteiger partial charge >= 0.3 is 0 Å². The Hall–Kier alpha value is -2.23. The second kappa shape index (κ2) is 10.4. The first-order chi connectivity index (χ1) is 14.7. The molecule has 1 N–H and O–H groups in total. The van der Waals surface area contributed by atoms with Crippen molar-refractivity contribution in [2.45, 2.75) is 17.7 Å². The zero-order valence-electron chi connectivity index (χ0n) is 17.9. The molecule has 1 aliphatic heterocycles. The van der Waals surface area contributed by atoms with E-state index < -0.39 is 20.8 Å². The summed E-state index contributed by atoms with van der Waals surface area (Å²) < 4.78 is 37.5. The van der Waals surface area contributed by atoms with Gasteiger partial charge in [0.05, 0.1) is 27.6 Å². The van der Waals surface area contributed by atoms with Crippen LogP contribution >= 0.6 is 0 Å². The summed E-state index contributed by atoms with van der Waals surface area (Å²) in [5.41, 5.74) is 1.87. The number of ketones is 1. The highest BCUT2D eigenvalue weighted by atomic mass is 32.2. The number of benzene rings is 2. The maximum Gasteiger partial charge on any atom is 0.229 e. The fourth-order valence-corrected chi connectivity index (χ4v) is 5.02. The van der Waals surface area contributed by atoms with E-state index in [9.17, 15) is 17.4 Å². The van der Waals surface area contributed by atoms with E-state index >= 15 is 0 Å². The Labute approximate surface area is 186 Å². The van der Waals surface area contributed by atoms with E-state index in [1.807, 2.05) is 6.07 Å². The number of rotatable bonds is 9. The molecule has 168 valence electrons. The molecule has 1 unspecified atom stereocenters. The lowest BCUT2D eigenvalue weighted by atomic mass is 10.1. The average Bonchev–Trinajstić information content (AvgIpc) is 2.73. The van der Waals surface area contributed by atoms with Gasteiger partial charge in [0.1, 0.15) is 0 Å². The van der Waals surface area contributed by atoms with Crippen LogP contribution in [0.5, 0.6) is 0 Å². The van der Waals surface area contributed by atoms with Crippen LogP contribution in [0, 0.1) is 0 Å². The molecule has 0 radical (unpaired) electrons. The van der Waals surface area contributed by atoms with E-state index in [1.165, 1.54) is 18.0 Å². The molecule has 0 bridgehead atoms. The fraction of sp³-hybridized carbons (Fsp3) is 0.409. The molecule has 2 aromatic rings. The number of hydrogen-bond acceptors (Lipinski definition) is 6. The zero-order valence-corrected chi connectivity index (χ0v) is 19.5. The Morgan fingerprint density at radius 3 is 2.35 bits per heavy atom. The third-order valence-corrected chi connectivity index (χ3v) is 6.84. The van der Waals surface area contributed by atoms with Crippen molar-refractivity contribution in [2.75, 3.05) is 54.9 Å². The number of nitrogens with one attached hydrogen (secondary N) is 1. The molecule has 0 aromatic heterocycles. The van der Waals surface area contributed by atoms with Gasteiger partial charge in [0.15, 0.2) is 5.78 Å². The standard InChI is InChI=1S/C22H29N3O4S2/c1-30(27)22-11-10-18(17-20(22)23-31(2,28)29)21(26)9-6-12-24-13-15-25(16-14-24)19-7-4-3-5-8-19/h3-5,7-8,10-11,17,23H,6,9,12-16H2,1-2H3. The minimum absolute atomic E-state index is 0.0482. The van der Waals surface area contributed by atoms with Crippen LogP contribution in [0.1, 0.15) is 23.2 Å². The number of Topliss-reactive ketones (excluding diaryl/α,β-unsaturated/α-hetero) is 1. The Morgan fingerprint density at radius 2 is 1.74 bits per heavy atom. The van der Waals surface area contributed by atoms with Crippen LogP contribution in [-0.2, 0) is 20.8 Å². The summed E-state index contributed by atoms with van der Waals surface area (Å²) in [7, 11) is -4.91. The molecule has 1 aliphatic rings. The first kappa shape index (κ1) is 23.4. The molecule has 0 spiro atoms. The van der Waals surface area contributed by atoms with Crippen molar-refractivity contribution < 1.29 is 17.4 Å². The largest absolute Gasteiger partial charge is 0.369 e. The highest BCUT2D eigenvalue weighted by Gasteiger charge is 2.18. The van der Waals surface area contributed by atoms with Crippen molar-refractivity contribution in [1.82, 2.24) is 4.90 Å². The van der Waals surface area contributed by atoms with Crippen LogP contribution in [0.2, 0.25) is 0 Å². The lowest BCUT2D eigenvalue weighted by Gasteiger charge is -2.36. The average molecular weight is 464 g/mol. The van der Waals surface area contributed by atoms with E-state index in [-0.39, 0.29) is 11.5 Å². The molecular weight excluding hydrogens is 434 g/mol. The summed E-state index contributed by atoms with van der Waals surface area (Å²) in [4.78, 5) is 17.7. The molecule has 1 saturated heterocycles. The Kier molecular flexibility index (Phi) is 7.85. The molecule has 1 heterocycles. The Balaban J connectivity index is 1.52. The fourth-order valence-electron chi connectivity index (χ4n) is 3.71. The van der Waals surface area contributed by atoms with Crippen LogP contribution in [0.25, 0.3) is 0 Å². The number of sulfonamides is 1. The molecule has 2 aromatic carbocycles. The second-order valence-electron chi connectivity index (χ2n) is 7.73. The van der Waals surface area contributed by atoms with Gasteiger partial charge < -0.3 is 4.90 Å². The molecule has 0 aliphatic carbocycles. The Bertz CT molecular complexity index is 1030. The third-order valence-electron chi connectivity index (χ3n) is 5.28. The number of carbonyl (C=O) groups excluding carboxylic acids is 1. The highest BCUT2D eigenvalue weighted by Crippen LogP contribution is 2.23. The van der Waals surface area contributed by atoms with Gasteiger partial charge in [0, 0.05) is 50.1 Å². The highest BCUT2D eigenvalue weighted by molar-refractivity contribution is 7.92. The van der Waals surface area contributed by atoms with Crippen molar-refractivity contribution >= 4 is 38.0 Å². The van der Waals surface area contributed by atoms with Gasteiger partial charge in [0.2, 0.25) is 10.0 Å². The van der Waals surface area contributed by atoms with E-state index in [1.54, 1.807) is 12.1 Å². The summed E-state index contributed by atoms with van der Waals surface area (Å²) in [5.74, 6) is -0.0482. The van der Waals surface area contributed by atoms with E-state index in [0.717, 1.165) is 45.4 Å². The van der Waals surface area contributed by atoms with Crippen molar-refractivity contribution in [1.29, 1.82) is 0 Å². The van der Waals surface area contributed by atoms with Gasteiger partial charge in [-0.25, -0.2) is 8.42 Å². The summed E-state index contributed by atoms with van der Waals surface area (Å²) in [6.07, 6.45) is 3.62. The normalized spacial score (nSPS) is 16.1. The minimum atomic E-state index is -3.54. The smallest absolute Gasteiger partial charge is 0.229 e. The van der Waals surface area contributed by atoms with E-state index in [2.05, 4.69) is 38.8 Å². The van der Waals surface area contributed by atoms with Gasteiger partial charge in [-0.05, 0) is 37.2 Å². The molecule has 31 heavy (non-hydrogen) atoms. The van der Waals surface area contributed by atoms with Gasteiger partial charge in [0.25, 0.3) is 0 Å². The number of para-hydroxylation sites is 1. The number of piperazine rings is 1. The molecular formula is C22H29N3O4S2. The van der Waals surface area contributed by atoms with Crippen molar-refractivity contribution in [3.63, 3.8) is 0 Å². The lowest BCUT2D eigenvalue weighted by molar-refractivity contribution is 0.0974. The topological polar surface area (TPSA) is 86.8 Å². The van der Waals surface area contributed by atoms with Crippen molar-refractivity contribution in [3.8, 4) is 0 Å². The molecule has 0 amide bonds. The maximum atomic E-state index is 12.6. The number of anilines is 2. The minimum Gasteiger partial charge on any atom is -0.369 e. The van der Waals surface area contributed by atoms with Gasteiger partial charge in [-0.1, -0.05) is 24.3 Å². The van der Waals surface area contributed by atoms with Crippen LogP contribution in [0.3, 0.4) is 0 Å². The Morgan fingerprint density at radius 1 is 1.06 bits per heavy atom. The summed E-state index contributed by atoms with van der Waals surface area (Å²) in [6, 6.07) is 15.0. The number of hydrogen-bond donors (Lipinski definition) is 1. The zero-order chi connectivity index (χ0) is 22.4. The predicted molar refractivity (Wildman–Crippen MR) is 126 cm³/mol. The molecule has 1 fully saturated rings.